The first-order chi connectivity index (χ1) is 9.08. The molecule has 1 aromatic heterocycles. The van der Waals surface area contributed by atoms with Crippen LogP contribution in [0.3, 0.4) is 0 Å². The highest BCUT2D eigenvalue weighted by molar-refractivity contribution is 6.33. The van der Waals surface area contributed by atoms with Crippen molar-refractivity contribution in [2.45, 2.75) is 33.1 Å². The zero-order valence-electron chi connectivity index (χ0n) is 11.3. The summed E-state index contributed by atoms with van der Waals surface area (Å²) in [5.41, 5.74) is 0.103. The Labute approximate surface area is 118 Å². The Morgan fingerprint density at radius 1 is 1.47 bits per heavy atom. The highest BCUT2D eigenvalue weighted by atomic mass is 35.5. The van der Waals surface area contributed by atoms with Crippen LogP contribution in [-0.2, 0) is 0 Å². The summed E-state index contributed by atoms with van der Waals surface area (Å²) in [6.45, 7) is 4.73. The van der Waals surface area contributed by atoms with Crippen LogP contribution in [0.1, 0.15) is 43.6 Å². The molecule has 106 valence electrons. The average molecular weight is 286 g/mol. The lowest BCUT2D eigenvalue weighted by Gasteiger charge is -2.31. The molecule has 0 atom stereocenters. The molecule has 0 saturated carbocycles. The lowest BCUT2D eigenvalue weighted by atomic mass is 9.79. The summed E-state index contributed by atoms with van der Waals surface area (Å²) < 4.78 is 0. The van der Waals surface area contributed by atoms with Crippen LogP contribution in [0.2, 0.25) is 5.02 Å². The minimum absolute atomic E-state index is 0.0794. The van der Waals surface area contributed by atoms with Gasteiger partial charge in [-0.25, -0.2) is 9.97 Å². The predicted octanol–water partition coefficient (Wildman–Crippen LogP) is 2.05. The Balaban J connectivity index is 2.70. The Morgan fingerprint density at radius 3 is 2.68 bits per heavy atom. The van der Waals surface area contributed by atoms with Crippen LogP contribution in [-0.4, -0.2) is 34.1 Å². The predicted molar refractivity (Wildman–Crippen MR) is 74.1 cm³/mol. The van der Waals surface area contributed by atoms with E-state index in [0.717, 1.165) is 12.8 Å². The quantitative estimate of drug-likeness (QED) is 0.804. The van der Waals surface area contributed by atoms with Crippen LogP contribution < -0.4 is 5.32 Å². The number of carbonyl (C=O) groups is 1. The molecule has 0 spiro atoms. The average Bonchev–Trinajstić information content (AvgIpc) is 2.44. The second-order valence-electron chi connectivity index (χ2n) is 4.58. The van der Waals surface area contributed by atoms with E-state index in [4.69, 9.17) is 16.7 Å². The van der Waals surface area contributed by atoms with Gasteiger partial charge in [0.15, 0.2) is 0 Å². The normalized spacial score (nSPS) is 11.4. The molecule has 1 rings (SSSR count). The van der Waals surface area contributed by atoms with E-state index in [1.807, 2.05) is 0 Å². The Morgan fingerprint density at radius 2 is 2.16 bits per heavy atom. The van der Waals surface area contributed by atoms with Gasteiger partial charge in [-0.1, -0.05) is 25.4 Å². The van der Waals surface area contributed by atoms with E-state index in [-0.39, 0.29) is 28.6 Å². The zero-order chi connectivity index (χ0) is 14.3. The molecule has 0 fully saturated rings. The summed E-state index contributed by atoms with van der Waals surface area (Å²) in [6.07, 6.45) is 5.13. The summed E-state index contributed by atoms with van der Waals surface area (Å²) in [6, 6.07) is 0. The van der Waals surface area contributed by atoms with Crippen molar-refractivity contribution in [2.24, 2.45) is 5.41 Å². The second-order valence-corrected chi connectivity index (χ2v) is 4.99. The molecule has 6 heteroatoms. The number of nitrogens with zero attached hydrogens (tertiary/aromatic N) is 2. The molecule has 0 aliphatic carbocycles. The van der Waals surface area contributed by atoms with Gasteiger partial charge in [-0.3, -0.25) is 4.79 Å². The summed E-state index contributed by atoms with van der Waals surface area (Å²) >= 11 is 5.87. The molecular weight excluding hydrogens is 266 g/mol. The van der Waals surface area contributed by atoms with Crippen molar-refractivity contribution in [3.05, 3.63) is 23.2 Å². The van der Waals surface area contributed by atoms with E-state index in [1.165, 1.54) is 12.5 Å². The van der Waals surface area contributed by atoms with Crippen LogP contribution in [0, 0.1) is 5.41 Å². The minimum Gasteiger partial charge on any atom is -0.396 e. The molecule has 0 saturated heterocycles. The molecule has 19 heavy (non-hydrogen) atoms. The van der Waals surface area contributed by atoms with Crippen LogP contribution in [0.4, 0.5) is 0 Å². The number of halogens is 1. The summed E-state index contributed by atoms with van der Waals surface area (Å²) in [5.74, 6) is -0.309. The number of nitrogens with one attached hydrogen (secondary N) is 1. The van der Waals surface area contributed by atoms with E-state index in [2.05, 4.69) is 29.1 Å². The fourth-order valence-corrected chi connectivity index (χ4v) is 2.20. The van der Waals surface area contributed by atoms with Gasteiger partial charge in [0.1, 0.15) is 12.0 Å². The van der Waals surface area contributed by atoms with E-state index in [0.29, 0.717) is 13.0 Å². The molecule has 0 unspecified atom stereocenters. The molecule has 1 aromatic rings. The SMILES string of the molecule is CCC(CC)(CCO)CNC(=O)c1ncncc1Cl. The van der Waals surface area contributed by atoms with Crippen molar-refractivity contribution in [3.8, 4) is 0 Å². The molecule has 0 bridgehead atoms. The van der Waals surface area contributed by atoms with E-state index < -0.39 is 0 Å². The van der Waals surface area contributed by atoms with Gasteiger partial charge >= 0.3 is 0 Å². The standard InChI is InChI=1S/C13H20ClN3O2/c1-3-13(4-2,5-6-18)8-16-12(19)11-10(14)7-15-9-17-11/h7,9,18H,3-6,8H2,1-2H3,(H,16,19). The number of amides is 1. The third-order valence-corrected chi connectivity index (χ3v) is 3.93. The highest BCUT2D eigenvalue weighted by Crippen LogP contribution is 2.29. The second kappa shape index (κ2) is 7.40. The van der Waals surface area contributed by atoms with Gasteiger partial charge in [0.2, 0.25) is 0 Å². The number of aliphatic hydroxyl groups excluding tert-OH is 1. The number of aliphatic hydroxyl groups is 1. The largest absolute Gasteiger partial charge is 0.396 e. The molecule has 0 radical (unpaired) electrons. The van der Waals surface area contributed by atoms with E-state index >= 15 is 0 Å². The van der Waals surface area contributed by atoms with Crippen LogP contribution in [0.25, 0.3) is 0 Å². The number of rotatable bonds is 7. The highest BCUT2D eigenvalue weighted by Gasteiger charge is 2.26. The Bertz CT molecular complexity index is 422. The fraction of sp³-hybridized carbons (Fsp3) is 0.615. The maximum atomic E-state index is 12.0. The molecule has 0 aliphatic rings. The van der Waals surface area contributed by atoms with Crippen LogP contribution in [0.15, 0.2) is 12.5 Å². The van der Waals surface area contributed by atoms with Crippen molar-refractivity contribution < 1.29 is 9.90 Å². The molecule has 0 aliphatic heterocycles. The van der Waals surface area contributed by atoms with Gasteiger partial charge in [-0.15, -0.1) is 0 Å². The van der Waals surface area contributed by atoms with Crippen molar-refractivity contribution in [1.29, 1.82) is 0 Å². The number of hydrogen-bond acceptors (Lipinski definition) is 4. The Kier molecular flexibility index (Phi) is 6.18. The van der Waals surface area contributed by atoms with Crippen LogP contribution >= 0.6 is 11.6 Å². The first-order valence-corrected chi connectivity index (χ1v) is 6.81. The molecule has 2 N–H and O–H groups in total. The summed E-state index contributed by atoms with van der Waals surface area (Å²) in [5, 5.41) is 12.2. The van der Waals surface area contributed by atoms with Gasteiger partial charge in [-0.05, 0) is 24.7 Å². The van der Waals surface area contributed by atoms with Crippen molar-refractivity contribution in [3.63, 3.8) is 0 Å². The van der Waals surface area contributed by atoms with Crippen molar-refractivity contribution in [2.75, 3.05) is 13.2 Å². The molecule has 0 aromatic carbocycles. The van der Waals surface area contributed by atoms with Gasteiger partial charge in [0, 0.05) is 19.3 Å². The molecule has 1 amide bonds. The van der Waals surface area contributed by atoms with Crippen molar-refractivity contribution in [1.82, 2.24) is 15.3 Å². The van der Waals surface area contributed by atoms with Gasteiger partial charge in [0.25, 0.3) is 5.91 Å². The van der Waals surface area contributed by atoms with E-state index in [9.17, 15) is 4.79 Å². The lowest BCUT2D eigenvalue weighted by Crippen LogP contribution is -2.38. The number of hydrogen-bond donors (Lipinski definition) is 2. The zero-order valence-corrected chi connectivity index (χ0v) is 12.1. The van der Waals surface area contributed by atoms with Gasteiger partial charge in [-0.2, -0.15) is 0 Å². The van der Waals surface area contributed by atoms with E-state index in [1.54, 1.807) is 0 Å². The first kappa shape index (κ1) is 15.9. The molecule has 1 heterocycles. The molecular formula is C13H20ClN3O2. The summed E-state index contributed by atoms with van der Waals surface area (Å²) in [4.78, 5) is 19.6. The topological polar surface area (TPSA) is 75.1 Å². The lowest BCUT2D eigenvalue weighted by molar-refractivity contribution is 0.0902. The first-order valence-electron chi connectivity index (χ1n) is 6.43. The number of carbonyl (C=O) groups excluding carboxylic acids is 1. The third kappa shape index (κ3) is 4.14. The number of aromatic nitrogens is 2. The fourth-order valence-electron chi connectivity index (χ4n) is 2.01. The maximum absolute atomic E-state index is 12.0. The smallest absolute Gasteiger partial charge is 0.271 e. The van der Waals surface area contributed by atoms with Crippen LogP contribution in [0.5, 0.6) is 0 Å². The van der Waals surface area contributed by atoms with Crippen molar-refractivity contribution >= 4 is 17.5 Å². The monoisotopic (exact) mass is 285 g/mol. The maximum Gasteiger partial charge on any atom is 0.271 e. The third-order valence-electron chi connectivity index (χ3n) is 3.65. The van der Waals surface area contributed by atoms with Gasteiger partial charge < -0.3 is 10.4 Å². The summed E-state index contributed by atoms with van der Waals surface area (Å²) in [7, 11) is 0. The Hall–Kier alpha value is -1.20. The molecule has 5 nitrogen and oxygen atoms in total. The van der Waals surface area contributed by atoms with Gasteiger partial charge in [0.05, 0.1) is 5.02 Å². The minimum atomic E-state index is -0.309.